The quantitative estimate of drug-likeness (QED) is 0.746. The van der Waals surface area contributed by atoms with Crippen LogP contribution in [0.1, 0.15) is 26.0 Å². The number of furan rings is 1. The van der Waals surface area contributed by atoms with E-state index in [9.17, 15) is 0 Å². The Hall–Kier alpha value is -0.760. The molecule has 2 nitrogen and oxygen atoms in total. The minimum absolute atomic E-state index is 0.233. The monoisotopic (exact) mass is 167 g/mol. The summed E-state index contributed by atoms with van der Waals surface area (Å²) in [6.07, 6.45) is 3.60. The van der Waals surface area contributed by atoms with Crippen LogP contribution in [0.25, 0.3) is 0 Å². The van der Waals surface area contributed by atoms with Crippen LogP contribution in [-0.2, 0) is 6.42 Å². The molecule has 1 rings (SSSR count). The Morgan fingerprint density at radius 1 is 1.50 bits per heavy atom. The fraction of sp³-hybridized carbons (Fsp3) is 0.600. The Labute approximate surface area is 73.8 Å². The van der Waals surface area contributed by atoms with Gasteiger partial charge in [0.05, 0.1) is 6.26 Å². The second-order valence-corrected chi connectivity index (χ2v) is 3.67. The zero-order valence-electron chi connectivity index (χ0n) is 7.79. The van der Waals surface area contributed by atoms with E-state index in [-0.39, 0.29) is 6.04 Å². The number of hydrogen-bond donors (Lipinski definition) is 1. The normalized spacial score (nSPS) is 13.7. The molecule has 0 aromatic carbocycles. The van der Waals surface area contributed by atoms with Crippen molar-refractivity contribution in [3.8, 4) is 0 Å². The van der Waals surface area contributed by atoms with Crippen molar-refractivity contribution < 1.29 is 4.42 Å². The maximum atomic E-state index is 5.91. The summed E-state index contributed by atoms with van der Waals surface area (Å²) in [6.45, 7) is 4.37. The number of hydrogen-bond acceptors (Lipinski definition) is 2. The molecule has 0 amide bonds. The van der Waals surface area contributed by atoms with Gasteiger partial charge in [-0.05, 0) is 24.5 Å². The highest BCUT2D eigenvalue weighted by atomic mass is 16.3. The molecular weight excluding hydrogens is 150 g/mol. The number of nitrogens with two attached hydrogens (primary N) is 1. The van der Waals surface area contributed by atoms with Gasteiger partial charge in [-0.2, -0.15) is 0 Å². The van der Waals surface area contributed by atoms with E-state index in [2.05, 4.69) is 13.8 Å². The van der Waals surface area contributed by atoms with Crippen LogP contribution in [0.15, 0.2) is 22.8 Å². The summed E-state index contributed by atoms with van der Waals surface area (Å²) in [5.74, 6) is 1.65. The fourth-order valence-electron chi connectivity index (χ4n) is 1.38. The van der Waals surface area contributed by atoms with Gasteiger partial charge in [0, 0.05) is 12.5 Å². The Balaban J connectivity index is 2.32. The molecule has 1 aromatic rings. The maximum Gasteiger partial charge on any atom is 0.105 e. The fourth-order valence-corrected chi connectivity index (χ4v) is 1.38. The highest BCUT2D eigenvalue weighted by molar-refractivity contribution is 5.00. The van der Waals surface area contributed by atoms with Gasteiger partial charge in [-0.3, -0.25) is 0 Å². The average molecular weight is 167 g/mol. The molecule has 0 saturated carbocycles. The summed E-state index contributed by atoms with van der Waals surface area (Å²) in [5.41, 5.74) is 5.91. The minimum atomic E-state index is 0.233. The minimum Gasteiger partial charge on any atom is -0.469 e. The van der Waals surface area contributed by atoms with Crippen molar-refractivity contribution in [2.45, 2.75) is 32.7 Å². The molecule has 0 aliphatic heterocycles. The van der Waals surface area contributed by atoms with Gasteiger partial charge in [0.1, 0.15) is 5.76 Å². The second-order valence-electron chi connectivity index (χ2n) is 3.67. The predicted octanol–water partition coefficient (Wildman–Crippen LogP) is 2.20. The van der Waals surface area contributed by atoms with Gasteiger partial charge in [0.25, 0.3) is 0 Å². The zero-order valence-corrected chi connectivity index (χ0v) is 7.79. The Morgan fingerprint density at radius 3 is 2.75 bits per heavy atom. The molecule has 0 saturated heterocycles. The molecule has 1 heterocycles. The van der Waals surface area contributed by atoms with Crippen LogP contribution in [0.3, 0.4) is 0 Å². The lowest BCUT2D eigenvalue weighted by molar-refractivity contribution is 0.441. The van der Waals surface area contributed by atoms with Crippen molar-refractivity contribution in [3.63, 3.8) is 0 Å². The van der Waals surface area contributed by atoms with Gasteiger partial charge in [0.2, 0.25) is 0 Å². The van der Waals surface area contributed by atoms with Crippen LogP contribution in [0, 0.1) is 5.92 Å². The van der Waals surface area contributed by atoms with Crippen LogP contribution in [0.5, 0.6) is 0 Å². The summed E-state index contributed by atoms with van der Waals surface area (Å²) in [4.78, 5) is 0. The van der Waals surface area contributed by atoms with E-state index in [0.717, 1.165) is 18.6 Å². The molecule has 12 heavy (non-hydrogen) atoms. The molecule has 1 unspecified atom stereocenters. The lowest BCUT2D eigenvalue weighted by Crippen LogP contribution is -2.24. The second kappa shape index (κ2) is 4.31. The SMILES string of the molecule is CC(C)CC(N)Cc1ccco1. The molecule has 0 aliphatic carbocycles. The summed E-state index contributed by atoms with van der Waals surface area (Å²) >= 11 is 0. The Morgan fingerprint density at radius 2 is 2.25 bits per heavy atom. The third-order valence-electron chi connectivity index (χ3n) is 1.82. The van der Waals surface area contributed by atoms with E-state index in [0.29, 0.717) is 5.92 Å². The molecule has 0 bridgehead atoms. The van der Waals surface area contributed by atoms with Crippen LogP contribution >= 0.6 is 0 Å². The summed E-state index contributed by atoms with van der Waals surface area (Å²) in [7, 11) is 0. The highest BCUT2D eigenvalue weighted by Crippen LogP contribution is 2.09. The van der Waals surface area contributed by atoms with E-state index < -0.39 is 0 Å². The molecule has 0 fully saturated rings. The Bertz CT molecular complexity index is 204. The first-order valence-corrected chi connectivity index (χ1v) is 4.46. The van der Waals surface area contributed by atoms with E-state index in [4.69, 9.17) is 10.2 Å². The molecule has 0 spiro atoms. The zero-order chi connectivity index (χ0) is 8.97. The first-order chi connectivity index (χ1) is 5.68. The van der Waals surface area contributed by atoms with Crippen LogP contribution < -0.4 is 5.73 Å². The lowest BCUT2D eigenvalue weighted by atomic mass is 10.0. The lowest BCUT2D eigenvalue weighted by Gasteiger charge is -2.11. The molecule has 0 aliphatic rings. The molecule has 2 N–H and O–H groups in total. The summed E-state index contributed by atoms with van der Waals surface area (Å²) in [6, 6.07) is 4.11. The van der Waals surface area contributed by atoms with Gasteiger partial charge >= 0.3 is 0 Å². The van der Waals surface area contributed by atoms with Crippen molar-refractivity contribution in [2.75, 3.05) is 0 Å². The third kappa shape index (κ3) is 3.09. The topological polar surface area (TPSA) is 39.2 Å². The third-order valence-corrected chi connectivity index (χ3v) is 1.82. The average Bonchev–Trinajstić information content (AvgIpc) is 2.37. The molecule has 68 valence electrons. The van der Waals surface area contributed by atoms with Gasteiger partial charge in [0.15, 0.2) is 0 Å². The first kappa shape index (κ1) is 9.33. The van der Waals surface area contributed by atoms with Crippen molar-refractivity contribution in [1.82, 2.24) is 0 Å². The number of rotatable bonds is 4. The van der Waals surface area contributed by atoms with Crippen molar-refractivity contribution in [3.05, 3.63) is 24.2 Å². The summed E-state index contributed by atoms with van der Waals surface area (Å²) < 4.78 is 5.21. The van der Waals surface area contributed by atoms with Gasteiger partial charge in [-0.15, -0.1) is 0 Å². The largest absolute Gasteiger partial charge is 0.469 e. The van der Waals surface area contributed by atoms with E-state index in [1.54, 1.807) is 6.26 Å². The van der Waals surface area contributed by atoms with Crippen LogP contribution in [0.4, 0.5) is 0 Å². The molecular formula is C10H17NO. The standard InChI is InChI=1S/C10H17NO/c1-8(2)6-9(11)7-10-4-3-5-12-10/h3-5,8-9H,6-7,11H2,1-2H3. The smallest absolute Gasteiger partial charge is 0.105 e. The molecule has 1 atom stereocenters. The van der Waals surface area contributed by atoms with Gasteiger partial charge < -0.3 is 10.2 Å². The van der Waals surface area contributed by atoms with Crippen LogP contribution in [0.2, 0.25) is 0 Å². The molecule has 2 heteroatoms. The maximum absolute atomic E-state index is 5.91. The van der Waals surface area contributed by atoms with E-state index in [1.165, 1.54) is 0 Å². The van der Waals surface area contributed by atoms with Crippen molar-refractivity contribution in [2.24, 2.45) is 11.7 Å². The van der Waals surface area contributed by atoms with Gasteiger partial charge in [-0.1, -0.05) is 13.8 Å². The first-order valence-electron chi connectivity index (χ1n) is 4.46. The molecule has 0 radical (unpaired) electrons. The predicted molar refractivity (Wildman–Crippen MR) is 49.8 cm³/mol. The van der Waals surface area contributed by atoms with E-state index >= 15 is 0 Å². The van der Waals surface area contributed by atoms with Crippen LogP contribution in [-0.4, -0.2) is 6.04 Å². The summed E-state index contributed by atoms with van der Waals surface area (Å²) in [5, 5.41) is 0. The highest BCUT2D eigenvalue weighted by Gasteiger charge is 2.07. The van der Waals surface area contributed by atoms with Crippen molar-refractivity contribution in [1.29, 1.82) is 0 Å². The van der Waals surface area contributed by atoms with Crippen molar-refractivity contribution >= 4 is 0 Å². The molecule has 1 aromatic heterocycles. The van der Waals surface area contributed by atoms with E-state index in [1.807, 2.05) is 12.1 Å². The van der Waals surface area contributed by atoms with Gasteiger partial charge in [-0.25, -0.2) is 0 Å². The Kier molecular flexibility index (Phi) is 3.35.